The van der Waals surface area contributed by atoms with E-state index in [0.717, 1.165) is 0 Å². The van der Waals surface area contributed by atoms with Gasteiger partial charge < -0.3 is 24.9 Å². The van der Waals surface area contributed by atoms with Crippen molar-refractivity contribution in [2.45, 2.75) is 13.0 Å². The molecule has 1 heterocycles. The van der Waals surface area contributed by atoms with Gasteiger partial charge in [-0.25, -0.2) is 0 Å². The van der Waals surface area contributed by atoms with Gasteiger partial charge in [0, 0.05) is 6.07 Å². The van der Waals surface area contributed by atoms with E-state index in [0.29, 0.717) is 23.7 Å². The largest absolute Gasteiger partial charge is 0.493 e. The van der Waals surface area contributed by atoms with E-state index >= 15 is 0 Å². The summed E-state index contributed by atoms with van der Waals surface area (Å²) in [6.45, 7) is 2.44. The van der Waals surface area contributed by atoms with Crippen molar-refractivity contribution in [2.24, 2.45) is 0 Å². The van der Waals surface area contributed by atoms with Crippen LogP contribution in [0.15, 0.2) is 42.6 Å². The van der Waals surface area contributed by atoms with Crippen LogP contribution in [-0.4, -0.2) is 29.7 Å². The molecule has 0 aliphatic carbocycles. The summed E-state index contributed by atoms with van der Waals surface area (Å²) in [7, 11) is 1.59. The molecule has 7 heteroatoms. The van der Waals surface area contributed by atoms with Gasteiger partial charge in [-0.1, -0.05) is 12.1 Å². The molecule has 1 aromatic carbocycles. The summed E-state index contributed by atoms with van der Waals surface area (Å²) >= 11 is 0. The molecule has 0 aliphatic rings. The topological polar surface area (TPSA) is 86.5 Å². The number of rotatable bonds is 7. The minimum absolute atomic E-state index is 0.119. The predicted molar refractivity (Wildman–Crippen MR) is 82.5 cm³/mol. The molecular formula is C15H17N3O4. The summed E-state index contributed by atoms with van der Waals surface area (Å²) in [6, 6.07) is 10.4. The highest BCUT2D eigenvalue weighted by Crippen LogP contribution is 2.26. The molecule has 1 N–H and O–H groups in total. The number of hydrogen-bond donors (Lipinski definition) is 1. The highest BCUT2D eigenvalue weighted by molar-refractivity contribution is 5.43. The molecule has 1 aromatic heterocycles. The van der Waals surface area contributed by atoms with Gasteiger partial charge in [0.25, 0.3) is 0 Å². The second-order valence-corrected chi connectivity index (χ2v) is 4.62. The maximum atomic E-state index is 10.5. The van der Waals surface area contributed by atoms with Gasteiger partial charge in [0.1, 0.15) is 6.10 Å². The molecule has 7 nitrogen and oxygen atoms in total. The minimum Gasteiger partial charge on any atom is -0.493 e. The summed E-state index contributed by atoms with van der Waals surface area (Å²) in [6.07, 6.45) is 1.31. The monoisotopic (exact) mass is 303 g/mol. The van der Waals surface area contributed by atoms with E-state index in [1.165, 1.54) is 12.3 Å². The Bertz CT molecular complexity index is 631. The number of benzene rings is 1. The van der Waals surface area contributed by atoms with Crippen LogP contribution in [0.1, 0.15) is 6.92 Å². The van der Waals surface area contributed by atoms with E-state index in [-0.39, 0.29) is 11.9 Å². The quantitative estimate of drug-likeness (QED) is 0.625. The van der Waals surface area contributed by atoms with Gasteiger partial charge in [-0.2, -0.15) is 0 Å². The van der Waals surface area contributed by atoms with E-state index in [1.54, 1.807) is 13.2 Å². The van der Waals surface area contributed by atoms with Gasteiger partial charge >= 0.3 is 5.82 Å². The number of anilines is 1. The Hall–Kier alpha value is -2.83. The lowest BCUT2D eigenvalue weighted by molar-refractivity contribution is -0.389. The fourth-order valence-electron chi connectivity index (χ4n) is 1.83. The van der Waals surface area contributed by atoms with Crippen molar-refractivity contribution >= 4 is 11.5 Å². The Labute approximate surface area is 128 Å². The van der Waals surface area contributed by atoms with E-state index in [2.05, 4.69) is 10.3 Å². The SMILES string of the molecule is COc1ccccc1O[C@H](C)CNc1ccc([N+](=O)[O-])nc1. The number of nitro groups is 1. The smallest absolute Gasteiger partial charge is 0.363 e. The lowest BCUT2D eigenvalue weighted by Crippen LogP contribution is -2.23. The first-order valence-corrected chi connectivity index (χ1v) is 6.74. The second kappa shape index (κ2) is 7.26. The van der Waals surface area contributed by atoms with Crippen LogP contribution in [-0.2, 0) is 0 Å². The van der Waals surface area contributed by atoms with Crippen LogP contribution in [0.2, 0.25) is 0 Å². The first-order chi connectivity index (χ1) is 10.6. The average molecular weight is 303 g/mol. The van der Waals surface area contributed by atoms with Crippen LogP contribution in [0.4, 0.5) is 11.5 Å². The number of pyridine rings is 1. The van der Waals surface area contributed by atoms with Crippen LogP contribution in [0.25, 0.3) is 0 Å². The molecule has 1 atom stereocenters. The maximum Gasteiger partial charge on any atom is 0.363 e. The molecule has 0 bridgehead atoms. The Morgan fingerprint density at radius 1 is 1.27 bits per heavy atom. The summed E-state index contributed by atoms with van der Waals surface area (Å²) in [5, 5.41) is 13.7. The molecular weight excluding hydrogens is 286 g/mol. The number of hydrogen-bond acceptors (Lipinski definition) is 6. The summed E-state index contributed by atoms with van der Waals surface area (Å²) in [5.41, 5.74) is 0.695. The van der Waals surface area contributed by atoms with E-state index in [1.807, 2.05) is 31.2 Å². The van der Waals surface area contributed by atoms with Crippen molar-refractivity contribution in [3.05, 3.63) is 52.7 Å². The zero-order valence-corrected chi connectivity index (χ0v) is 12.4. The van der Waals surface area contributed by atoms with Crippen LogP contribution in [0.5, 0.6) is 11.5 Å². The highest BCUT2D eigenvalue weighted by atomic mass is 16.6. The zero-order chi connectivity index (χ0) is 15.9. The van der Waals surface area contributed by atoms with Crippen LogP contribution in [0, 0.1) is 10.1 Å². The third kappa shape index (κ3) is 4.08. The number of methoxy groups -OCH3 is 1. The molecule has 0 unspecified atom stereocenters. The highest BCUT2D eigenvalue weighted by Gasteiger charge is 2.10. The van der Waals surface area contributed by atoms with Crippen molar-refractivity contribution in [3.8, 4) is 11.5 Å². The lowest BCUT2D eigenvalue weighted by atomic mass is 10.3. The first kappa shape index (κ1) is 15.6. The Morgan fingerprint density at radius 2 is 2.00 bits per heavy atom. The van der Waals surface area contributed by atoms with Crippen molar-refractivity contribution in [2.75, 3.05) is 19.0 Å². The zero-order valence-electron chi connectivity index (χ0n) is 12.4. The van der Waals surface area contributed by atoms with Crippen molar-refractivity contribution in [1.29, 1.82) is 0 Å². The van der Waals surface area contributed by atoms with Gasteiger partial charge in [0.15, 0.2) is 17.7 Å². The number of para-hydroxylation sites is 2. The number of nitrogens with zero attached hydrogens (tertiary/aromatic N) is 2. The van der Waals surface area contributed by atoms with Gasteiger partial charge in [0.05, 0.1) is 19.3 Å². The maximum absolute atomic E-state index is 10.5. The van der Waals surface area contributed by atoms with Crippen molar-refractivity contribution in [1.82, 2.24) is 4.98 Å². The van der Waals surface area contributed by atoms with E-state index in [4.69, 9.17) is 9.47 Å². The minimum atomic E-state index is -0.531. The summed E-state index contributed by atoms with van der Waals surface area (Å²) in [4.78, 5) is 13.7. The normalized spacial score (nSPS) is 11.5. The van der Waals surface area contributed by atoms with Crippen LogP contribution < -0.4 is 14.8 Å². The molecule has 0 saturated carbocycles. The Morgan fingerprint density at radius 3 is 2.59 bits per heavy atom. The molecule has 22 heavy (non-hydrogen) atoms. The lowest BCUT2D eigenvalue weighted by Gasteiger charge is -2.17. The Balaban J connectivity index is 1.89. The molecule has 0 amide bonds. The standard InChI is InChI=1S/C15H17N3O4/c1-11(22-14-6-4-3-5-13(14)21-2)9-16-12-7-8-15(17-10-12)18(19)20/h3-8,10-11,16H,9H2,1-2H3/t11-/m1/s1. The fourth-order valence-corrected chi connectivity index (χ4v) is 1.83. The molecule has 116 valence electrons. The summed E-state index contributed by atoms with van der Waals surface area (Å²) < 4.78 is 11.0. The number of ether oxygens (including phenoxy) is 2. The molecule has 2 aromatic rings. The third-order valence-electron chi connectivity index (χ3n) is 2.93. The fraction of sp³-hybridized carbons (Fsp3) is 0.267. The summed E-state index contributed by atoms with van der Waals surface area (Å²) in [5.74, 6) is 1.16. The van der Waals surface area contributed by atoms with Gasteiger partial charge in [-0.3, -0.25) is 0 Å². The molecule has 0 fully saturated rings. The first-order valence-electron chi connectivity index (χ1n) is 6.74. The molecule has 0 saturated heterocycles. The van der Waals surface area contributed by atoms with Gasteiger partial charge in [-0.05, 0) is 35.0 Å². The van der Waals surface area contributed by atoms with Crippen LogP contribution in [0.3, 0.4) is 0 Å². The average Bonchev–Trinajstić information content (AvgIpc) is 2.54. The van der Waals surface area contributed by atoms with Crippen LogP contribution >= 0.6 is 0 Å². The Kier molecular flexibility index (Phi) is 5.13. The molecule has 0 radical (unpaired) electrons. The molecule has 0 spiro atoms. The molecule has 2 rings (SSSR count). The molecule has 0 aliphatic heterocycles. The van der Waals surface area contributed by atoms with Crippen molar-refractivity contribution in [3.63, 3.8) is 0 Å². The van der Waals surface area contributed by atoms with Gasteiger partial charge in [-0.15, -0.1) is 0 Å². The van der Waals surface area contributed by atoms with Crippen molar-refractivity contribution < 1.29 is 14.4 Å². The predicted octanol–water partition coefficient (Wildman–Crippen LogP) is 2.88. The van der Waals surface area contributed by atoms with E-state index < -0.39 is 4.92 Å². The third-order valence-corrected chi connectivity index (χ3v) is 2.93. The second-order valence-electron chi connectivity index (χ2n) is 4.62. The number of nitrogens with one attached hydrogen (secondary N) is 1. The number of aromatic nitrogens is 1. The van der Waals surface area contributed by atoms with Gasteiger partial charge in [0.2, 0.25) is 0 Å². The van der Waals surface area contributed by atoms with E-state index in [9.17, 15) is 10.1 Å².